The van der Waals surface area contributed by atoms with E-state index in [1.807, 2.05) is 86.2 Å². The fourth-order valence-corrected chi connectivity index (χ4v) is 11.5. The van der Waals surface area contributed by atoms with Crippen LogP contribution in [-0.2, 0) is 14.8 Å². The monoisotopic (exact) mass is 981 g/mol. The van der Waals surface area contributed by atoms with E-state index in [0.29, 0.717) is 97.7 Å². The second-order valence-corrected chi connectivity index (χ2v) is 21.5. The third-order valence-corrected chi connectivity index (χ3v) is 16.2. The number of benzene rings is 4. The lowest BCUT2D eigenvalue weighted by atomic mass is 9.89. The molecule has 0 aromatic heterocycles. The maximum Gasteiger partial charge on any atom is 0.336 e. The molecule has 1 N–H and O–H groups in total. The van der Waals surface area contributed by atoms with Crippen molar-refractivity contribution in [3.05, 3.63) is 105 Å². The zero-order valence-corrected chi connectivity index (χ0v) is 41.5. The maximum atomic E-state index is 13.9. The average molecular weight is 983 g/mol. The van der Waals surface area contributed by atoms with Crippen LogP contribution < -0.4 is 14.8 Å². The van der Waals surface area contributed by atoms with E-state index in [1.54, 1.807) is 28.0 Å². The lowest BCUT2D eigenvalue weighted by molar-refractivity contribution is -0.126. The summed E-state index contributed by atoms with van der Waals surface area (Å²) in [4.78, 5) is 47.7. The quantitative estimate of drug-likeness (QED) is 0.0591. The number of hydrogen-bond acceptors (Lipinski definition) is 8. The summed E-state index contributed by atoms with van der Waals surface area (Å²) >= 11 is 12.3. The van der Waals surface area contributed by atoms with Crippen LogP contribution in [0.15, 0.2) is 77.2 Å². The molecule has 3 saturated heterocycles. The molecular formula is C52H59Cl2N6O7S+. The SMILES string of the molecule is CN(C)c1ccc2c(-c3ccc(C(=O)N4CCN(CCCCCS(=O)(=O)N5CC[C@H](C#CC(=O)N6CCC[C@@H](c7ccc(Cl)c(Cl)c7)C6)C5)CC4)cc3C(=O)O)c3ccc(=[N+](C)C)cc-3oc2c1. The average Bonchev–Trinajstić information content (AvgIpc) is 3.83. The van der Waals surface area contributed by atoms with Crippen molar-refractivity contribution in [2.24, 2.45) is 5.92 Å². The molecule has 0 unspecified atom stereocenters. The highest BCUT2D eigenvalue weighted by Crippen LogP contribution is 2.42. The Bertz CT molecular complexity index is 2950. The number of carbonyl (C=O) groups is 3. The number of piperidine rings is 1. The molecular weight excluding hydrogens is 924 g/mol. The van der Waals surface area contributed by atoms with Gasteiger partial charge in [0.25, 0.3) is 11.8 Å². The van der Waals surface area contributed by atoms with Crippen molar-refractivity contribution in [3.8, 4) is 34.3 Å². The number of sulfonamides is 1. The molecule has 358 valence electrons. The maximum absolute atomic E-state index is 13.9. The number of carboxylic acid groups (broad SMARTS) is 1. The van der Waals surface area contributed by atoms with Crippen molar-refractivity contribution in [1.82, 2.24) is 23.6 Å². The first-order valence-corrected chi connectivity index (χ1v) is 25.7. The molecule has 16 heteroatoms. The molecule has 3 aromatic rings. The number of halogens is 2. The number of fused-ring (bicyclic) bond motifs is 2. The van der Waals surface area contributed by atoms with Crippen LogP contribution in [0.5, 0.6) is 0 Å². The van der Waals surface area contributed by atoms with E-state index in [4.69, 9.17) is 27.6 Å². The van der Waals surface area contributed by atoms with Crippen LogP contribution in [0.4, 0.5) is 5.69 Å². The molecule has 8 rings (SSSR count). The topological polar surface area (TPSA) is 138 Å². The van der Waals surface area contributed by atoms with E-state index in [9.17, 15) is 27.9 Å². The molecule has 4 aliphatic heterocycles. The van der Waals surface area contributed by atoms with Gasteiger partial charge in [0, 0.05) is 118 Å². The van der Waals surface area contributed by atoms with Gasteiger partial charge in [0.2, 0.25) is 15.4 Å². The van der Waals surface area contributed by atoms with Crippen molar-refractivity contribution in [1.29, 1.82) is 0 Å². The molecule has 0 spiro atoms. The van der Waals surface area contributed by atoms with Gasteiger partial charge in [0.05, 0.1) is 27.4 Å². The van der Waals surface area contributed by atoms with Crippen molar-refractivity contribution < 1.29 is 32.3 Å². The van der Waals surface area contributed by atoms with E-state index in [-0.39, 0.29) is 35.0 Å². The highest BCUT2D eigenvalue weighted by molar-refractivity contribution is 7.89. The third-order valence-electron chi connectivity index (χ3n) is 13.6. The Morgan fingerprint density at radius 1 is 0.824 bits per heavy atom. The number of anilines is 1. The van der Waals surface area contributed by atoms with E-state index < -0.39 is 16.0 Å². The smallest absolute Gasteiger partial charge is 0.336 e. The molecule has 3 aromatic carbocycles. The summed E-state index contributed by atoms with van der Waals surface area (Å²) in [6, 6.07) is 22.3. The minimum absolute atomic E-state index is 0.0354. The normalized spacial score (nSPS) is 18.1. The highest BCUT2D eigenvalue weighted by atomic mass is 35.5. The lowest BCUT2D eigenvalue weighted by Gasteiger charge is -2.35. The van der Waals surface area contributed by atoms with Crippen LogP contribution in [0, 0.1) is 17.8 Å². The molecule has 5 aliphatic rings. The summed E-state index contributed by atoms with van der Waals surface area (Å²) in [7, 11) is 4.35. The first-order valence-electron chi connectivity index (χ1n) is 23.4. The van der Waals surface area contributed by atoms with Crippen LogP contribution in [0.3, 0.4) is 0 Å². The number of amides is 2. The molecule has 0 saturated carbocycles. The second kappa shape index (κ2) is 21.1. The standard InChI is InChI=1S/C52H58Cl2N6O7S/c1-55(2)39-13-16-42-47(31-39)67-48-32-40(56(3)4)14-17-43(48)50(42)41-15-11-37(29-44(41)52(63)64)51(62)58-26-24-57(25-27-58)21-6-5-7-28-68(65,66)60-23-20-35(33-60)10-19-49(61)59-22-8-9-38(34-59)36-12-18-45(53)46(54)30-36/h11-18,29-32,35,38H,5-9,20-28,33-34H2,1-4H3/p+1/t35-,38+/m0/s1. The number of hydrogen-bond donors (Lipinski definition) is 1. The molecule has 2 atom stereocenters. The number of piperazine rings is 1. The van der Waals surface area contributed by atoms with Gasteiger partial charge in [-0.2, -0.15) is 0 Å². The number of nitrogens with zero attached hydrogens (tertiary/aromatic N) is 6. The molecule has 13 nitrogen and oxygen atoms in total. The fraction of sp³-hybridized carbons (Fsp3) is 0.423. The predicted octanol–water partition coefficient (Wildman–Crippen LogP) is 7.30. The van der Waals surface area contributed by atoms with Crippen LogP contribution in [-0.4, -0.2) is 143 Å². The van der Waals surface area contributed by atoms with Crippen LogP contribution >= 0.6 is 23.2 Å². The Hall–Kier alpha value is -5.43. The number of aromatic carboxylic acids is 1. The van der Waals surface area contributed by atoms with Crippen molar-refractivity contribution >= 4 is 67.7 Å². The number of carboxylic acids is 1. The van der Waals surface area contributed by atoms with E-state index in [1.165, 1.54) is 10.4 Å². The summed E-state index contributed by atoms with van der Waals surface area (Å²) in [6.45, 7) is 5.01. The molecule has 68 heavy (non-hydrogen) atoms. The Morgan fingerprint density at radius 3 is 2.34 bits per heavy atom. The minimum Gasteiger partial charge on any atom is -0.478 e. The Morgan fingerprint density at radius 2 is 1.60 bits per heavy atom. The van der Waals surface area contributed by atoms with Gasteiger partial charge < -0.3 is 24.2 Å². The zero-order valence-electron chi connectivity index (χ0n) is 39.1. The Labute approximate surface area is 408 Å². The zero-order chi connectivity index (χ0) is 48.3. The summed E-state index contributed by atoms with van der Waals surface area (Å²) in [5, 5.41) is 13.3. The van der Waals surface area contributed by atoms with Crippen molar-refractivity contribution in [2.75, 3.05) is 97.7 Å². The minimum atomic E-state index is -3.45. The second-order valence-electron chi connectivity index (χ2n) is 18.6. The largest absolute Gasteiger partial charge is 0.478 e. The first kappa shape index (κ1) is 49.0. The number of rotatable bonds is 12. The van der Waals surface area contributed by atoms with E-state index in [2.05, 4.69) is 16.7 Å². The lowest BCUT2D eigenvalue weighted by Crippen LogP contribution is -2.48. The summed E-state index contributed by atoms with van der Waals surface area (Å²) in [6.07, 6.45) is 4.53. The predicted molar refractivity (Wildman–Crippen MR) is 269 cm³/mol. The molecule has 0 radical (unpaired) electrons. The van der Waals surface area contributed by atoms with Gasteiger partial charge in [-0.25, -0.2) is 22.1 Å². The van der Waals surface area contributed by atoms with Gasteiger partial charge in [-0.1, -0.05) is 47.7 Å². The van der Waals surface area contributed by atoms with E-state index in [0.717, 1.165) is 65.3 Å². The van der Waals surface area contributed by atoms with Crippen LogP contribution in [0.25, 0.3) is 33.4 Å². The summed E-state index contributed by atoms with van der Waals surface area (Å²) in [5.74, 6) is 4.97. The fourth-order valence-electron chi connectivity index (χ4n) is 9.61. The molecule has 3 fully saturated rings. The van der Waals surface area contributed by atoms with Crippen LogP contribution in [0.2, 0.25) is 10.0 Å². The number of likely N-dealkylation sites (tertiary alicyclic amines) is 1. The van der Waals surface area contributed by atoms with Gasteiger partial charge in [-0.05, 0) is 98.2 Å². The first-order chi connectivity index (χ1) is 32.6. The van der Waals surface area contributed by atoms with Crippen LogP contribution in [0.1, 0.15) is 70.7 Å². The molecule has 0 bridgehead atoms. The number of unbranched alkanes of at least 4 members (excludes halogenated alkanes) is 2. The van der Waals surface area contributed by atoms with Crippen molar-refractivity contribution in [2.45, 2.75) is 44.4 Å². The van der Waals surface area contributed by atoms with Gasteiger partial charge >= 0.3 is 5.97 Å². The Balaban J connectivity index is 0.813. The van der Waals surface area contributed by atoms with Gasteiger partial charge in [-0.15, -0.1) is 0 Å². The summed E-state index contributed by atoms with van der Waals surface area (Å²) in [5.41, 5.74) is 4.96. The van der Waals surface area contributed by atoms with Gasteiger partial charge in [0.15, 0.2) is 0 Å². The van der Waals surface area contributed by atoms with E-state index >= 15 is 0 Å². The van der Waals surface area contributed by atoms with Gasteiger partial charge in [-0.3, -0.25) is 14.5 Å². The van der Waals surface area contributed by atoms with Crippen molar-refractivity contribution in [3.63, 3.8) is 0 Å². The summed E-state index contributed by atoms with van der Waals surface area (Å²) < 4.78 is 36.5. The van der Waals surface area contributed by atoms with Gasteiger partial charge in [0.1, 0.15) is 25.4 Å². The molecule has 1 aliphatic carbocycles. The molecule has 2 amide bonds. The number of carbonyl (C=O) groups excluding carboxylic acids is 2. The highest BCUT2D eigenvalue weighted by Gasteiger charge is 2.32. The molecule has 4 heterocycles. The Kier molecular flexibility index (Phi) is 15.2. The third kappa shape index (κ3) is 11.0.